The van der Waals surface area contributed by atoms with Crippen molar-refractivity contribution in [2.24, 2.45) is 0 Å². The maximum absolute atomic E-state index is 8.66. The monoisotopic (exact) mass is 266 g/mol. The van der Waals surface area contributed by atoms with Crippen molar-refractivity contribution in [3.8, 4) is 0 Å². The molecule has 3 unspecified atom stereocenters. The summed E-state index contributed by atoms with van der Waals surface area (Å²) in [6, 6.07) is 0. The first kappa shape index (κ1) is 20.1. The van der Waals surface area contributed by atoms with E-state index in [9.17, 15) is 0 Å². The van der Waals surface area contributed by atoms with Crippen LogP contribution in [0.5, 0.6) is 0 Å². The molecule has 0 rings (SSSR count). The fourth-order valence-corrected chi connectivity index (χ4v) is 0.961. The van der Waals surface area contributed by atoms with Gasteiger partial charge >= 0.3 is 0 Å². The Bertz CT molecular complexity index is 152. The number of aliphatic hydroxyl groups excluding tert-OH is 2. The molecule has 0 aromatic heterocycles. The van der Waals surface area contributed by atoms with Gasteiger partial charge in [-0.3, -0.25) is 0 Å². The smallest absolute Gasteiger partial charge is 0.0780 e. The molecular weight excluding hydrogens is 236 g/mol. The van der Waals surface area contributed by atoms with Crippen molar-refractivity contribution in [2.75, 3.05) is 33.5 Å². The Balaban J connectivity index is 0. The van der Waals surface area contributed by atoms with Gasteiger partial charge in [0.25, 0.3) is 0 Å². The van der Waals surface area contributed by atoms with E-state index >= 15 is 0 Å². The van der Waals surface area contributed by atoms with Gasteiger partial charge in [-0.05, 0) is 27.2 Å². The Morgan fingerprint density at radius 3 is 1.94 bits per heavy atom. The van der Waals surface area contributed by atoms with Gasteiger partial charge in [0.05, 0.1) is 38.1 Å². The number of ether oxygens (including phenoxy) is 3. The Morgan fingerprint density at radius 2 is 1.61 bits per heavy atom. The second-order valence-corrected chi connectivity index (χ2v) is 4.31. The molecule has 0 aromatic carbocycles. The number of hydrogen-bond donors (Lipinski definition) is 2. The van der Waals surface area contributed by atoms with Crippen LogP contribution < -0.4 is 0 Å². The van der Waals surface area contributed by atoms with Crippen LogP contribution in [0.2, 0.25) is 0 Å². The minimum absolute atomic E-state index is 0.0699. The average Bonchev–Trinajstić information content (AvgIpc) is 2.33. The van der Waals surface area contributed by atoms with Crippen LogP contribution >= 0.6 is 0 Å². The highest BCUT2D eigenvalue weighted by molar-refractivity contribution is 4.50. The van der Waals surface area contributed by atoms with E-state index in [0.717, 1.165) is 13.0 Å². The van der Waals surface area contributed by atoms with Crippen molar-refractivity contribution >= 4 is 0 Å². The fourth-order valence-electron chi connectivity index (χ4n) is 0.961. The molecule has 0 spiro atoms. The number of aliphatic hydroxyl groups is 2. The van der Waals surface area contributed by atoms with E-state index in [-0.39, 0.29) is 24.9 Å². The standard InChI is InChI=1S/C9H20O3.C4H10O2/c1-4-5-11-9(3)7-12-8(2)6-10;1-4(5)3-6-2/h8-10H,4-7H2,1-3H3;4-5H,3H2,1-2H3. The summed E-state index contributed by atoms with van der Waals surface area (Å²) in [5.41, 5.74) is 0. The third-order valence-electron chi connectivity index (χ3n) is 1.89. The molecular formula is C13H30O5. The second kappa shape index (κ2) is 14.9. The van der Waals surface area contributed by atoms with Gasteiger partial charge in [-0.1, -0.05) is 6.92 Å². The SMILES string of the molecule is CCCOC(C)COC(C)CO.COCC(C)O. The van der Waals surface area contributed by atoms with Gasteiger partial charge in [0, 0.05) is 13.7 Å². The van der Waals surface area contributed by atoms with Crippen LogP contribution in [0.25, 0.3) is 0 Å². The van der Waals surface area contributed by atoms with E-state index in [1.54, 1.807) is 14.0 Å². The zero-order chi connectivity index (χ0) is 14.4. The van der Waals surface area contributed by atoms with Gasteiger partial charge in [-0.2, -0.15) is 0 Å². The highest BCUT2D eigenvalue weighted by Gasteiger charge is 2.04. The zero-order valence-electron chi connectivity index (χ0n) is 12.4. The van der Waals surface area contributed by atoms with E-state index in [4.69, 9.17) is 19.7 Å². The molecule has 0 aliphatic carbocycles. The first-order valence-electron chi connectivity index (χ1n) is 6.48. The van der Waals surface area contributed by atoms with Crippen LogP contribution in [0.1, 0.15) is 34.1 Å². The Labute approximate surface area is 111 Å². The molecule has 5 nitrogen and oxygen atoms in total. The number of methoxy groups -OCH3 is 1. The Morgan fingerprint density at radius 1 is 1.00 bits per heavy atom. The summed E-state index contributed by atoms with van der Waals surface area (Å²) in [4.78, 5) is 0. The van der Waals surface area contributed by atoms with Gasteiger partial charge in [-0.15, -0.1) is 0 Å². The summed E-state index contributed by atoms with van der Waals surface area (Å²) in [5, 5.41) is 17.1. The molecule has 0 saturated carbocycles. The highest BCUT2D eigenvalue weighted by Crippen LogP contribution is 1.96. The van der Waals surface area contributed by atoms with E-state index in [2.05, 4.69) is 11.7 Å². The molecule has 0 amide bonds. The van der Waals surface area contributed by atoms with Crippen LogP contribution in [0, 0.1) is 0 Å². The molecule has 3 atom stereocenters. The zero-order valence-corrected chi connectivity index (χ0v) is 12.4. The van der Waals surface area contributed by atoms with Crippen LogP contribution in [-0.4, -0.2) is 62.1 Å². The quantitative estimate of drug-likeness (QED) is 0.656. The van der Waals surface area contributed by atoms with Crippen molar-refractivity contribution in [2.45, 2.75) is 52.4 Å². The normalized spacial score (nSPS) is 15.5. The summed E-state index contributed by atoms with van der Waals surface area (Å²) in [7, 11) is 1.56. The molecule has 0 bridgehead atoms. The summed E-state index contributed by atoms with van der Waals surface area (Å²) < 4.78 is 15.2. The Kier molecular flexibility index (Phi) is 16.6. The topological polar surface area (TPSA) is 68.2 Å². The molecule has 0 saturated heterocycles. The number of hydrogen-bond acceptors (Lipinski definition) is 5. The molecule has 2 N–H and O–H groups in total. The van der Waals surface area contributed by atoms with E-state index < -0.39 is 0 Å². The lowest BCUT2D eigenvalue weighted by Crippen LogP contribution is -2.22. The predicted molar refractivity (Wildman–Crippen MR) is 71.8 cm³/mol. The first-order chi connectivity index (χ1) is 8.47. The Hall–Kier alpha value is -0.200. The van der Waals surface area contributed by atoms with Crippen molar-refractivity contribution < 1.29 is 24.4 Å². The van der Waals surface area contributed by atoms with Gasteiger partial charge in [-0.25, -0.2) is 0 Å². The molecule has 112 valence electrons. The summed E-state index contributed by atoms with van der Waals surface area (Å²) in [6.45, 7) is 9.40. The average molecular weight is 266 g/mol. The fraction of sp³-hybridized carbons (Fsp3) is 1.00. The van der Waals surface area contributed by atoms with Crippen LogP contribution in [0.3, 0.4) is 0 Å². The lowest BCUT2D eigenvalue weighted by atomic mass is 10.4. The van der Waals surface area contributed by atoms with Gasteiger partial charge in [0.2, 0.25) is 0 Å². The van der Waals surface area contributed by atoms with Gasteiger partial charge < -0.3 is 24.4 Å². The predicted octanol–water partition coefficient (Wildman–Crippen LogP) is 1.21. The van der Waals surface area contributed by atoms with Crippen molar-refractivity contribution in [3.63, 3.8) is 0 Å². The van der Waals surface area contributed by atoms with E-state index in [0.29, 0.717) is 13.2 Å². The summed E-state index contributed by atoms with van der Waals surface area (Å²) in [6.07, 6.45) is 0.742. The second-order valence-electron chi connectivity index (χ2n) is 4.31. The van der Waals surface area contributed by atoms with E-state index in [1.807, 2.05) is 13.8 Å². The molecule has 5 heteroatoms. The molecule has 0 aromatic rings. The molecule has 18 heavy (non-hydrogen) atoms. The molecule has 0 aliphatic rings. The maximum atomic E-state index is 8.66. The molecule has 0 heterocycles. The summed E-state index contributed by atoms with van der Waals surface area (Å²) >= 11 is 0. The lowest BCUT2D eigenvalue weighted by Gasteiger charge is -2.15. The highest BCUT2D eigenvalue weighted by atomic mass is 16.5. The maximum Gasteiger partial charge on any atom is 0.0780 e. The largest absolute Gasteiger partial charge is 0.394 e. The van der Waals surface area contributed by atoms with Crippen LogP contribution in [-0.2, 0) is 14.2 Å². The van der Waals surface area contributed by atoms with Gasteiger partial charge in [0.1, 0.15) is 0 Å². The third kappa shape index (κ3) is 18.2. The van der Waals surface area contributed by atoms with Gasteiger partial charge in [0.15, 0.2) is 0 Å². The van der Waals surface area contributed by atoms with Crippen molar-refractivity contribution in [1.29, 1.82) is 0 Å². The van der Waals surface area contributed by atoms with Crippen LogP contribution in [0.15, 0.2) is 0 Å². The first-order valence-corrected chi connectivity index (χ1v) is 6.48. The van der Waals surface area contributed by atoms with E-state index in [1.165, 1.54) is 0 Å². The number of rotatable bonds is 9. The molecule has 0 fully saturated rings. The summed E-state index contributed by atoms with van der Waals surface area (Å²) in [5.74, 6) is 0. The molecule has 0 aliphatic heterocycles. The molecule has 0 radical (unpaired) electrons. The lowest BCUT2D eigenvalue weighted by molar-refractivity contribution is -0.0451. The minimum Gasteiger partial charge on any atom is -0.394 e. The van der Waals surface area contributed by atoms with Crippen LogP contribution in [0.4, 0.5) is 0 Å². The van der Waals surface area contributed by atoms with Crippen molar-refractivity contribution in [1.82, 2.24) is 0 Å². The minimum atomic E-state index is -0.324. The van der Waals surface area contributed by atoms with Crippen molar-refractivity contribution in [3.05, 3.63) is 0 Å². The third-order valence-corrected chi connectivity index (χ3v) is 1.89.